The van der Waals surface area contributed by atoms with Crippen molar-refractivity contribution >= 4 is 15.9 Å². The molecule has 1 heterocycles. The molecule has 0 bridgehead atoms. The Hall–Kier alpha value is -1.40. The molecule has 0 radical (unpaired) electrons. The van der Waals surface area contributed by atoms with Gasteiger partial charge in [0.15, 0.2) is 0 Å². The average Bonchev–Trinajstić information content (AvgIpc) is 2.98. The minimum atomic E-state index is -3.66. The fraction of sp³-hybridized carbons (Fsp3) is 0.562. The Kier molecular flexibility index (Phi) is 4.49. The van der Waals surface area contributed by atoms with E-state index in [1.807, 2.05) is 12.1 Å². The van der Waals surface area contributed by atoms with Crippen LogP contribution in [0.25, 0.3) is 0 Å². The van der Waals surface area contributed by atoms with Crippen molar-refractivity contribution < 1.29 is 17.9 Å². The summed E-state index contributed by atoms with van der Waals surface area (Å²) in [7, 11) is -3.66. The molecule has 0 aromatic heterocycles. The first-order valence-corrected chi connectivity index (χ1v) is 9.47. The molecule has 1 aromatic rings. The van der Waals surface area contributed by atoms with Crippen LogP contribution < -0.4 is 4.72 Å². The van der Waals surface area contributed by atoms with E-state index in [2.05, 4.69) is 4.72 Å². The number of ether oxygens (including phenoxy) is 1. The molecule has 2 aliphatic rings. The van der Waals surface area contributed by atoms with Crippen molar-refractivity contribution in [1.82, 2.24) is 4.72 Å². The van der Waals surface area contributed by atoms with Crippen molar-refractivity contribution in [1.29, 1.82) is 0 Å². The lowest BCUT2D eigenvalue weighted by atomic mass is 9.88. The van der Waals surface area contributed by atoms with Crippen molar-refractivity contribution in [2.24, 2.45) is 0 Å². The van der Waals surface area contributed by atoms with Crippen molar-refractivity contribution in [3.63, 3.8) is 0 Å². The first kappa shape index (κ1) is 15.5. The second-order valence-corrected chi connectivity index (χ2v) is 7.76. The standard InChI is InChI=1S/C16H21NO4S/c18-16(17-22(19,20)11-13-7-4-10-21-13)15-9-3-6-12-5-1-2-8-14(12)15/h3,6,9,13H,1-2,4-5,7-8,10-11H2,(H,17,18). The predicted molar refractivity (Wildman–Crippen MR) is 83.3 cm³/mol. The first-order chi connectivity index (χ1) is 10.6. The fourth-order valence-corrected chi connectivity index (χ4v) is 4.48. The molecular weight excluding hydrogens is 302 g/mol. The molecular formula is C16H21NO4S. The zero-order valence-corrected chi connectivity index (χ0v) is 13.3. The number of aryl methyl sites for hydroxylation is 1. The molecule has 1 fully saturated rings. The van der Waals surface area contributed by atoms with Gasteiger partial charge in [0.2, 0.25) is 10.0 Å². The number of benzene rings is 1. The summed E-state index contributed by atoms with van der Waals surface area (Å²) in [5.74, 6) is -0.662. The lowest BCUT2D eigenvalue weighted by Gasteiger charge is -2.19. The third kappa shape index (κ3) is 3.50. The second kappa shape index (κ2) is 6.38. The highest BCUT2D eigenvalue weighted by molar-refractivity contribution is 7.90. The van der Waals surface area contributed by atoms with Crippen LogP contribution in [0.4, 0.5) is 0 Å². The van der Waals surface area contributed by atoms with Crippen LogP contribution in [0.15, 0.2) is 18.2 Å². The van der Waals surface area contributed by atoms with Crippen LogP contribution in [0.1, 0.15) is 47.2 Å². The van der Waals surface area contributed by atoms with Gasteiger partial charge in [-0.3, -0.25) is 4.79 Å². The van der Waals surface area contributed by atoms with E-state index in [0.29, 0.717) is 12.2 Å². The van der Waals surface area contributed by atoms with Crippen LogP contribution in [-0.2, 0) is 27.6 Å². The summed E-state index contributed by atoms with van der Waals surface area (Å²) in [5.41, 5.74) is 2.65. The van der Waals surface area contributed by atoms with Crippen molar-refractivity contribution in [3.05, 3.63) is 34.9 Å². The Balaban J connectivity index is 1.74. The van der Waals surface area contributed by atoms with E-state index >= 15 is 0 Å². The Morgan fingerprint density at radius 2 is 2.05 bits per heavy atom. The van der Waals surface area contributed by atoms with Crippen LogP contribution in [0.5, 0.6) is 0 Å². The van der Waals surface area contributed by atoms with Gasteiger partial charge in [-0.05, 0) is 55.7 Å². The van der Waals surface area contributed by atoms with E-state index in [4.69, 9.17) is 4.74 Å². The Morgan fingerprint density at radius 1 is 1.23 bits per heavy atom. The van der Waals surface area contributed by atoms with Crippen LogP contribution in [0, 0.1) is 0 Å². The van der Waals surface area contributed by atoms with Gasteiger partial charge in [-0.2, -0.15) is 0 Å². The van der Waals surface area contributed by atoms with E-state index in [-0.39, 0.29) is 11.9 Å². The summed E-state index contributed by atoms with van der Waals surface area (Å²) in [6, 6.07) is 5.55. The van der Waals surface area contributed by atoms with Crippen LogP contribution >= 0.6 is 0 Å². The van der Waals surface area contributed by atoms with Crippen molar-refractivity contribution in [2.45, 2.75) is 44.6 Å². The average molecular weight is 323 g/mol. The summed E-state index contributed by atoms with van der Waals surface area (Å²) < 4.78 is 31.8. The third-order valence-electron chi connectivity index (χ3n) is 4.32. The highest BCUT2D eigenvalue weighted by Crippen LogP contribution is 2.24. The lowest BCUT2D eigenvalue weighted by molar-refractivity contribution is 0.0978. The molecule has 1 aromatic carbocycles. The summed E-state index contributed by atoms with van der Waals surface area (Å²) in [6.45, 7) is 0.598. The Morgan fingerprint density at radius 3 is 2.82 bits per heavy atom. The summed E-state index contributed by atoms with van der Waals surface area (Å²) in [6.07, 6.45) is 5.27. The summed E-state index contributed by atoms with van der Waals surface area (Å²) in [5, 5.41) is 0. The molecule has 0 saturated carbocycles. The van der Waals surface area contributed by atoms with Gasteiger partial charge >= 0.3 is 0 Å². The van der Waals surface area contributed by atoms with E-state index in [1.165, 1.54) is 0 Å². The van der Waals surface area contributed by atoms with Gasteiger partial charge < -0.3 is 4.74 Å². The molecule has 3 rings (SSSR count). The van der Waals surface area contributed by atoms with Gasteiger partial charge in [-0.15, -0.1) is 0 Å². The van der Waals surface area contributed by atoms with Crippen molar-refractivity contribution in [2.75, 3.05) is 12.4 Å². The normalized spacial score (nSPS) is 21.4. The molecule has 1 aliphatic carbocycles. The molecule has 1 amide bonds. The SMILES string of the molecule is O=C(NS(=O)(=O)CC1CCCO1)c1cccc2c1CCCC2. The van der Waals surface area contributed by atoms with Crippen LogP contribution in [0.3, 0.4) is 0 Å². The zero-order chi connectivity index (χ0) is 15.6. The van der Waals surface area contributed by atoms with Gasteiger partial charge in [-0.25, -0.2) is 13.1 Å². The van der Waals surface area contributed by atoms with Crippen molar-refractivity contribution in [3.8, 4) is 0 Å². The first-order valence-electron chi connectivity index (χ1n) is 7.82. The summed E-state index contributed by atoms with van der Waals surface area (Å²) in [4.78, 5) is 12.4. The molecule has 0 spiro atoms. The minimum Gasteiger partial charge on any atom is -0.377 e. The number of sulfonamides is 1. The van der Waals surface area contributed by atoms with Gasteiger partial charge in [0.1, 0.15) is 0 Å². The molecule has 120 valence electrons. The van der Waals surface area contributed by atoms with E-state index in [9.17, 15) is 13.2 Å². The molecule has 5 nitrogen and oxygen atoms in total. The molecule has 6 heteroatoms. The Labute approximate surface area is 131 Å². The molecule has 1 saturated heterocycles. The highest BCUT2D eigenvalue weighted by atomic mass is 32.2. The van der Waals surface area contributed by atoms with E-state index in [1.54, 1.807) is 6.07 Å². The van der Waals surface area contributed by atoms with Gasteiger partial charge in [0.05, 0.1) is 11.9 Å². The van der Waals surface area contributed by atoms with Gasteiger partial charge in [0.25, 0.3) is 5.91 Å². The second-order valence-electron chi connectivity index (χ2n) is 6.00. The lowest BCUT2D eigenvalue weighted by Crippen LogP contribution is -2.36. The molecule has 22 heavy (non-hydrogen) atoms. The minimum absolute atomic E-state index is 0.145. The third-order valence-corrected chi connectivity index (χ3v) is 5.63. The molecule has 1 atom stereocenters. The molecule has 1 unspecified atom stereocenters. The smallest absolute Gasteiger partial charge is 0.265 e. The number of hydrogen-bond donors (Lipinski definition) is 1. The molecule has 1 N–H and O–H groups in total. The Bertz CT molecular complexity index is 663. The topological polar surface area (TPSA) is 72.5 Å². The number of nitrogens with one attached hydrogen (secondary N) is 1. The van der Waals surface area contributed by atoms with Crippen LogP contribution in [0.2, 0.25) is 0 Å². The number of carbonyl (C=O) groups excluding carboxylic acids is 1. The maximum Gasteiger partial charge on any atom is 0.265 e. The maximum atomic E-state index is 12.4. The maximum absolute atomic E-state index is 12.4. The fourth-order valence-electron chi connectivity index (χ4n) is 3.25. The monoisotopic (exact) mass is 323 g/mol. The number of carbonyl (C=O) groups is 1. The molecule has 1 aliphatic heterocycles. The van der Waals surface area contributed by atoms with Crippen LogP contribution in [-0.4, -0.2) is 32.8 Å². The van der Waals surface area contributed by atoms with E-state index < -0.39 is 15.9 Å². The number of rotatable bonds is 4. The highest BCUT2D eigenvalue weighted by Gasteiger charge is 2.26. The quantitative estimate of drug-likeness (QED) is 0.917. The zero-order valence-electron chi connectivity index (χ0n) is 12.5. The predicted octanol–water partition coefficient (Wildman–Crippen LogP) is 1.80. The number of hydrogen-bond acceptors (Lipinski definition) is 4. The number of fused-ring (bicyclic) bond motifs is 1. The number of amides is 1. The summed E-state index contributed by atoms with van der Waals surface area (Å²) >= 11 is 0. The van der Waals surface area contributed by atoms with Gasteiger partial charge in [-0.1, -0.05) is 12.1 Å². The largest absolute Gasteiger partial charge is 0.377 e. The van der Waals surface area contributed by atoms with Gasteiger partial charge in [0, 0.05) is 12.2 Å². The van der Waals surface area contributed by atoms with E-state index in [0.717, 1.165) is 49.7 Å².